The molecule has 6 heteroatoms. The van der Waals surface area contributed by atoms with Crippen molar-refractivity contribution in [1.82, 2.24) is 4.98 Å². The van der Waals surface area contributed by atoms with E-state index >= 15 is 0 Å². The average Bonchev–Trinajstić information content (AvgIpc) is 2.68. The van der Waals surface area contributed by atoms with Crippen molar-refractivity contribution < 1.29 is 14.3 Å². The summed E-state index contributed by atoms with van der Waals surface area (Å²) in [6, 6.07) is 4.66. The summed E-state index contributed by atoms with van der Waals surface area (Å²) in [6.45, 7) is 1.75. The van der Waals surface area contributed by atoms with Crippen molar-refractivity contribution in [1.29, 1.82) is 0 Å². The number of nitrogens with zero attached hydrogens (tertiary/aromatic N) is 1. The van der Waals surface area contributed by atoms with E-state index in [9.17, 15) is 9.90 Å². The van der Waals surface area contributed by atoms with Gasteiger partial charge in [0, 0.05) is 5.56 Å². The van der Waals surface area contributed by atoms with Gasteiger partial charge in [0.15, 0.2) is 0 Å². The third kappa shape index (κ3) is 2.65. The first-order chi connectivity index (χ1) is 8.06. The van der Waals surface area contributed by atoms with Gasteiger partial charge >= 0.3 is 6.01 Å². The number of benzene rings is 1. The lowest BCUT2D eigenvalue weighted by Gasteiger charge is -2.02. The summed E-state index contributed by atoms with van der Waals surface area (Å²) < 4.78 is 5.52. The van der Waals surface area contributed by atoms with Crippen LogP contribution in [0.15, 0.2) is 33.4 Å². The van der Waals surface area contributed by atoms with Crippen LogP contribution in [0, 0.1) is 6.92 Å². The molecule has 0 fully saturated rings. The molecule has 1 aromatic heterocycles. The fourth-order valence-electron chi connectivity index (χ4n) is 1.23. The molecule has 1 amide bonds. The standard InChI is InChI=1S/C11H9BrN2O3/c1-6-5-17-11(13-6)14-10(16)7-2-3-8(12)9(15)4-7/h2-5,15H,1H3,(H,13,14,16). The number of hydrogen-bond donors (Lipinski definition) is 2. The van der Waals surface area contributed by atoms with E-state index in [0.29, 0.717) is 15.7 Å². The van der Waals surface area contributed by atoms with Gasteiger partial charge in [-0.2, -0.15) is 4.98 Å². The normalized spacial score (nSPS) is 10.2. The molecule has 2 aromatic rings. The molecule has 0 aliphatic heterocycles. The lowest BCUT2D eigenvalue weighted by molar-refractivity contribution is 0.102. The summed E-state index contributed by atoms with van der Waals surface area (Å²) in [7, 11) is 0. The van der Waals surface area contributed by atoms with Crippen molar-refractivity contribution in [2.24, 2.45) is 0 Å². The van der Waals surface area contributed by atoms with Crippen LogP contribution < -0.4 is 5.32 Å². The maximum atomic E-state index is 11.7. The van der Waals surface area contributed by atoms with E-state index in [1.165, 1.54) is 12.3 Å². The number of anilines is 1. The van der Waals surface area contributed by atoms with Crippen LogP contribution in [0.1, 0.15) is 16.1 Å². The van der Waals surface area contributed by atoms with E-state index in [1.807, 2.05) is 0 Å². The molecular weight excluding hydrogens is 288 g/mol. The number of halogens is 1. The summed E-state index contributed by atoms with van der Waals surface area (Å²) in [4.78, 5) is 15.7. The highest BCUT2D eigenvalue weighted by Gasteiger charge is 2.11. The largest absolute Gasteiger partial charge is 0.507 e. The molecule has 0 unspecified atom stereocenters. The van der Waals surface area contributed by atoms with Crippen LogP contribution in [-0.2, 0) is 0 Å². The number of rotatable bonds is 2. The van der Waals surface area contributed by atoms with Crippen molar-refractivity contribution in [3.63, 3.8) is 0 Å². The smallest absolute Gasteiger partial charge is 0.301 e. The SMILES string of the molecule is Cc1coc(NC(=O)c2ccc(Br)c(O)c2)n1. The Morgan fingerprint density at radius 2 is 2.29 bits per heavy atom. The van der Waals surface area contributed by atoms with Gasteiger partial charge in [0.25, 0.3) is 5.91 Å². The van der Waals surface area contributed by atoms with E-state index in [0.717, 1.165) is 0 Å². The molecule has 0 radical (unpaired) electrons. The molecule has 1 heterocycles. The van der Waals surface area contributed by atoms with Crippen molar-refractivity contribution in [2.45, 2.75) is 6.92 Å². The molecule has 0 aliphatic carbocycles. The number of carbonyl (C=O) groups is 1. The Balaban J connectivity index is 2.17. The minimum Gasteiger partial charge on any atom is -0.507 e. The molecule has 88 valence electrons. The number of nitrogens with one attached hydrogen (secondary N) is 1. The maximum Gasteiger partial charge on any atom is 0.301 e. The van der Waals surface area contributed by atoms with Crippen molar-refractivity contribution in [3.05, 3.63) is 40.2 Å². The quantitative estimate of drug-likeness (QED) is 0.893. The Morgan fingerprint density at radius 3 is 2.88 bits per heavy atom. The van der Waals surface area contributed by atoms with E-state index in [-0.39, 0.29) is 11.8 Å². The number of phenols is 1. The molecule has 0 atom stereocenters. The maximum absolute atomic E-state index is 11.7. The molecule has 1 aromatic carbocycles. The zero-order chi connectivity index (χ0) is 12.4. The first-order valence-electron chi connectivity index (χ1n) is 4.78. The molecule has 0 saturated heterocycles. The van der Waals surface area contributed by atoms with E-state index in [4.69, 9.17) is 4.42 Å². The van der Waals surface area contributed by atoms with Crippen molar-refractivity contribution in [2.75, 3.05) is 5.32 Å². The third-order valence-corrected chi connectivity index (χ3v) is 2.72. The van der Waals surface area contributed by atoms with Gasteiger partial charge < -0.3 is 9.52 Å². The number of aryl methyl sites for hydroxylation is 1. The number of amides is 1. The highest BCUT2D eigenvalue weighted by molar-refractivity contribution is 9.10. The first-order valence-corrected chi connectivity index (χ1v) is 5.57. The van der Waals surface area contributed by atoms with Crippen LogP contribution in [0.25, 0.3) is 0 Å². The minimum atomic E-state index is -0.394. The highest BCUT2D eigenvalue weighted by Crippen LogP contribution is 2.24. The van der Waals surface area contributed by atoms with Crippen molar-refractivity contribution >= 4 is 27.9 Å². The molecule has 2 N–H and O–H groups in total. The van der Waals surface area contributed by atoms with Gasteiger partial charge in [-0.3, -0.25) is 10.1 Å². The number of oxazole rings is 1. The number of carbonyl (C=O) groups excluding carboxylic acids is 1. The zero-order valence-electron chi connectivity index (χ0n) is 8.90. The Labute approximate surface area is 106 Å². The molecule has 0 aliphatic rings. The topological polar surface area (TPSA) is 75.4 Å². The second kappa shape index (κ2) is 4.58. The monoisotopic (exact) mass is 296 g/mol. The van der Waals surface area contributed by atoms with Gasteiger partial charge in [-0.15, -0.1) is 0 Å². The second-order valence-electron chi connectivity index (χ2n) is 3.41. The van der Waals surface area contributed by atoms with Gasteiger partial charge in [-0.1, -0.05) is 0 Å². The van der Waals surface area contributed by atoms with Gasteiger partial charge in [0.2, 0.25) is 0 Å². The number of phenolic OH excluding ortho intramolecular Hbond substituents is 1. The van der Waals surface area contributed by atoms with Crippen LogP contribution >= 0.6 is 15.9 Å². The molecule has 0 saturated carbocycles. The van der Waals surface area contributed by atoms with Crippen LogP contribution in [0.3, 0.4) is 0 Å². The van der Waals surface area contributed by atoms with E-state index in [2.05, 4.69) is 26.2 Å². The molecule has 2 rings (SSSR count). The minimum absolute atomic E-state index is 0.00114. The molecular formula is C11H9BrN2O3. The average molecular weight is 297 g/mol. The summed E-state index contributed by atoms with van der Waals surface area (Å²) in [5.41, 5.74) is 1.00. The Hall–Kier alpha value is -1.82. The van der Waals surface area contributed by atoms with Crippen LogP contribution in [-0.4, -0.2) is 16.0 Å². The fourth-order valence-corrected chi connectivity index (χ4v) is 1.48. The Kier molecular flexibility index (Phi) is 3.14. The zero-order valence-corrected chi connectivity index (χ0v) is 10.5. The summed E-state index contributed by atoms with van der Waals surface area (Å²) in [5, 5.41) is 11.9. The van der Waals surface area contributed by atoms with Crippen LogP contribution in [0.4, 0.5) is 6.01 Å². The van der Waals surface area contributed by atoms with Gasteiger partial charge in [-0.05, 0) is 41.1 Å². The molecule has 17 heavy (non-hydrogen) atoms. The number of aromatic hydroxyl groups is 1. The predicted octanol–water partition coefficient (Wildman–Crippen LogP) is 2.70. The van der Waals surface area contributed by atoms with Crippen molar-refractivity contribution in [3.8, 4) is 5.75 Å². The van der Waals surface area contributed by atoms with Crippen LogP contribution in [0.2, 0.25) is 0 Å². The number of aromatic nitrogens is 1. The van der Waals surface area contributed by atoms with Gasteiger partial charge in [0.1, 0.15) is 12.0 Å². The summed E-state index contributed by atoms with van der Waals surface area (Å²) in [6.07, 6.45) is 1.44. The number of hydrogen-bond acceptors (Lipinski definition) is 4. The summed E-state index contributed by atoms with van der Waals surface area (Å²) >= 11 is 3.14. The molecule has 0 bridgehead atoms. The molecule has 5 nitrogen and oxygen atoms in total. The fraction of sp³-hybridized carbons (Fsp3) is 0.0909. The van der Waals surface area contributed by atoms with Gasteiger partial charge in [-0.25, -0.2) is 0 Å². The predicted molar refractivity (Wildman–Crippen MR) is 65.0 cm³/mol. The second-order valence-corrected chi connectivity index (χ2v) is 4.27. The Morgan fingerprint density at radius 1 is 1.53 bits per heavy atom. The highest BCUT2D eigenvalue weighted by atomic mass is 79.9. The Bertz CT molecular complexity index is 566. The van der Waals surface area contributed by atoms with E-state index < -0.39 is 5.91 Å². The third-order valence-electron chi connectivity index (χ3n) is 2.05. The first kappa shape index (κ1) is 11.7. The van der Waals surface area contributed by atoms with Gasteiger partial charge in [0.05, 0.1) is 10.2 Å². The summed E-state index contributed by atoms with van der Waals surface area (Å²) in [5.74, 6) is -0.393. The van der Waals surface area contributed by atoms with Crippen LogP contribution in [0.5, 0.6) is 5.75 Å². The lowest BCUT2D eigenvalue weighted by Crippen LogP contribution is -2.11. The van der Waals surface area contributed by atoms with E-state index in [1.54, 1.807) is 19.1 Å². The molecule has 0 spiro atoms. The lowest BCUT2D eigenvalue weighted by atomic mass is 10.2.